The van der Waals surface area contributed by atoms with Crippen molar-refractivity contribution >= 4 is 18.4 Å². The van der Waals surface area contributed by atoms with E-state index >= 15 is 0 Å². The highest BCUT2D eigenvalue weighted by molar-refractivity contribution is 5.85. The number of rotatable bonds is 8. The number of carboxylic acids is 1. The second-order valence-corrected chi connectivity index (χ2v) is 5.69. The molecule has 1 fully saturated rings. The molecule has 1 saturated heterocycles. The highest BCUT2D eigenvalue weighted by atomic mass is 35.5. The van der Waals surface area contributed by atoms with E-state index in [0.29, 0.717) is 12.6 Å². The molecule has 0 radical (unpaired) electrons. The first-order chi connectivity index (χ1) is 10.7. The van der Waals surface area contributed by atoms with Gasteiger partial charge in [-0.2, -0.15) is 0 Å². The second kappa shape index (κ2) is 10.5. The van der Waals surface area contributed by atoms with Crippen molar-refractivity contribution in [1.82, 2.24) is 9.80 Å². The molecule has 6 heteroatoms. The molecule has 1 aliphatic rings. The number of likely N-dealkylation sites (tertiary alicyclic amines) is 1. The Kier molecular flexibility index (Phi) is 8.99. The zero-order chi connectivity index (χ0) is 15.8. The van der Waals surface area contributed by atoms with Crippen LogP contribution in [0.5, 0.6) is 5.75 Å². The summed E-state index contributed by atoms with van der Waals surface area (Å²) in [6, 6.07) is 10.3. The standard InChI is InChI=1S/C17H26N2O3.ClH/c1-2-19(14-17(20)21)15-8-10-18(11-9-15)12-13-22-16-6-4-3-5-7-16;/h3-7,15H,2,8-14H2,1H3,(H,20,21);1H. The van der Waals surface area contributed by atoms with Crippen LogP contribution in [-0.4, -0.2) is 66.2 Å². The number of aliphatic carboxylic acids is 1. The van der Waals surface area contributed by atoms with Crippen LogP contribution in [0.2, 0.25) is 0 Å². The topological polar surface area (TPSA) is 53.0 Å². The lowest BCUT2D eigenvalue weighted by Gasteiger charge is -2.37. The lowest BCUT2D eigenvalue weighted by atomic mass is 10.0. The van der Waals surface area contributed by atoms with Crippen LogP contribution < -0.4 is 4.74 Å². The average Bonchev–Trinajstić information content (AvgIpc) is 2.54. The number of hydrogen-bond donors (Lipinski definition) is 1. The van der Waals surface area contributed by atoms with Crippen LogP contribution in [0, 0.1) is 0 Å². The van der Waals surface area contributed by atoms with E-state index in [2.05, 4.69) is 9.80 Å². The molecule has 1 N–H and O–H groups in total. The number of carboxylic acid groups (broad SMARTS) is 1. The molecule has 1 aliphatic heterocycles. The van der Waals surface area contributed by atoms with Gasteiger partial charge in [0.25, 0.3) is 0 Å². The Morgan fingerprint density at radius 2 is 1.96 bits per heavy atom. The van der Waals surface area contributed by atoms with Crippen LogP contribution in [0.1, 0.15) is 19.8 Å². The van der Waals surface area contributed by atoms with Crippen molar-refractivity contribution in [3.63, 3.8) is 0 Å². The molecule has 0 atom stereocenters. The van der Waals surface area contributed by atoms with Gasteiger partial charge in [0.15, 0.2) is 0 Å². The molecule has 1 heterocycles. The van der Waals surface area contributed by atoms with Gasteiger partial charge in [0.05, 0.1) is 6.54 Å². The van der Waals surface area contributed by atoms with Crippen molar-refractivity contribution in [2.75, 3.05) is 39.3 Å². The fourth-order valence-electron chi connectivity index (χ4n) is 2.99. The number of para-hydroxylation sites is 1. The van der Waals surface area contributed by atoms with Gasteiger partial charge in [0.1, 0.15) is 12.4 Å². The maximum absolute atomic E-state index is 10.9. The summed E-state index contributed by atoms with van der Waals surface area (Å²) in [5, 5.41) is 8.95. The minimum Gasteiger partial charge on any atom is -0.492 e. The number of benzene rings is 1. The molecule has 0 aromatic heterocycles. The highest BCUT2D eigenvalue weighted by Gasteiger charge is 2.24. The minimum atomic E-state index is -0.736. The molecule has 2 rings (SSSR count). The summed E-state index contributed by atoms with van der Waals surface area (Å²) >= 11 is 0. The number of ether oxygens (including phenoxy) is 1. The van der Waals surface area contributed by atoms with E-state index in [4.69, 9.17) is 9.84 Å². The number of nitrogens with zero attached hydrogens (tertiary/aromatic N) is 2. The second-order valence-electron chi connectivity index (χ2n) is 5.69. The Balaban J connectivity index is 0.00000264. The van der Waals surface area contributed by atoms with E-state index < -0.39 is 5.97 Å². The van der Waals surface area contributed by atoms with Crippen LogP contribution in [0.3, 0.4) is 0 Å². The van der Waals surface area contributed by atoms with E-state index in [-0.39, 0.29) is 19.0 Å². The molecule has 0 aliphatic carbocycles. The Labute approximate surface area is 144 Å². The van der Waals surface area contributed by atoms with Crippen molar-refractivity contribution in [3.8, 4) is 5.75 Å². The predicted molar refractivity (Wildman–Crippen MR) is 93.5 cm³/mol. The van der Waals surface area contributed by atoms with Crippen LogP contribution in [0.4, 0.5) is 0 Å². The molecule has 0 saturated carbocycles. The molecule has 0 unspecified atom stereocenters. The average molecular weight is 343 g/mol. The van der Waals surface area contributed by atoms with Crippen LogP contribution in [-0.2, 0) is 4.79 Å². The van der Waals surface area contributed by atoms with Crippen molar-refractivity contribution in [2.45, 2.75) is 25.8 Å². The Morgan fingerprint density at radius 1 is 1.30 bits per heavy atom. The largest absolute Gasteiger partial charge is 0.492 e. The number of piperidine rings is 1. The van der Waals surface area contributed by atoms with E-state index in [0.717, 1.165) is 44.8 Å². The number of halogens is 1. The Morgan fingerprint density at radius 3 is 2.52 bits per heavy atom. The van der Waals surface area contributed by atoms with E-state index in [9.17, 15) is 4.79 Å². The van der Waals surface area contributed by atoms with Gasteiger partial charge in [-0.05, 0) is 44.6 Å². The third-order valence-electron chi connectivity index (χ3n) is 4.24. The van der Waals surface area contributed by atoms with Gasteiger partial charge >= 0.3 is 5.97 Å². The monoisotopic (exact) mass is 342 g/mol. The molecule has 1 aromatic carbocycles. The smallest absolute Gasteiger partial charge is 0.317 e. The fourth-order valence-corrected chi connectivity index (χ4v) is 2.99. The van der Waals surface area contributed by atoms with Crippen molar-refractivity contribution < 1.29 is 14.6 Å². The zero-order valence-corrected chi connectivity index (χ0v) is 14.5. The van der Waals surface area contributed by atoms with Crippen molar-refractivity contribution in [3.05, 3.63) is 30.3 Å². The van der Waals surface area contributed by atoms with Gasteiger partial charge in [-0.3, -0.25) is 14.6 Å². The molecule has 0 bridgehead atoms. The van der Waals surface area contributed by atoms with Gasteiger partial charge in [-0.15, -0.1) is 12.4 Å². The summed E-state index contributed by atoms with van der Waals surface area (Å²) in [7, 11) is 0. The van der Waals surface area contributed by atoms with Gasteiger partial charge in [-0.1, -0.05) is 25.1 Å². The lowest BCUT2D eigenvalue weighted by molar-refractivity contribution is -0.139. The summed E-state index contributed by atoms with van der Waals surface area (Å²) in [5.41, 5.74) is 0. The third-order valence-corrected chi connectivity index (χ3v) is 4.24. The summed E-state index contributed by atoms with van der Waals surface area (Å²) in [4.78, 5) is 15.3. The summed E-state index contributed by atoms with van der Waals surface area (Å²) < 4.78 is 5.73. The molecule has 23 heavy (non-hydrogen) atoms. The van der Waals surface area contributed by atoms with E-state index in [1.807, 2.05) is 37.3 Å². The first-order valence-electron chi connectivity index (χ1n) is 8.05. The fraction of sp³-hybridized carbons (Fsp3) is 0.588. The third kappa shape index (κ3) is 6.77. The predicted octanol–water partition coefficient (Wildman–Crippen LogP) is 2.36. The molecule has 5 nitrogen and oxygen atoms in total. The lowest BCUT2D eigenvalue weighted by Crippen LogP contribution is -2.47. The van der Waals surface area contributed by atoms with Gasteiger partial charge in [0, 0.05) is 12.6 Å². The van der Waals surface area contributed by atoms with E-state index in [1.165, 1.54) is 0 Å². The van der Waals surface area contributed by atoms with Crippen LogP contribution >= 0.6 is 12.4 Å². The molecular formula is C17H27ClN2O3. The molecule has 0 amide bonds. The van der Waals surface area contributed by atoms with Crippen LogP contribution in [0.25, 0.3) is 0 Å². The van der Waals surface area contributed by atoms with Crippen molar-refractivity contribution in [1.29, 1.82) is 0 Å². The quantitative estimate of drug-likeness (QED) is 0.786. The summed E-state index contributed by atoms with van der Waals surface area (Å²) in [6.45, 7) is 6.63. The Hall–Kier alpha value is -1.30. The van der Waals surface area contributed by atoms with Crippen molar-refractivity contribution in [2.24, 2.45) is 0 Å². The summed E-state index contributed by atoms with van der Waals surface area (Å²) in [6.07, 6.45) is 2.07. The zero-order valence-electron chi connectivity index (χ0n) is 13.7. The van der Waals surface area contributed by atoms with Gasteiger partial charge in [-0.25, -0.2) is 0 Å². The highest BCUT2D eigenvalue weighted by Crippen LogP contribution is 2.16. The number of carbonyl (C=O) groups is 1. The SMILES string of the molecule is CCN(CC(=O)O)C1CCN(CCOc2ccccc2)CC1.Cl. The summed E-state index contributed by atoms with van der Waals surface area (Å²) in [5.74, 6) is 0.177. The molecular weight excluding hydrogens is 316 g/mol. The molecule has 130 valence electrons. The van der Waals surface area contributed by atoms with Crippen LogP contribution in [0.15, 0.2) is 30.3 Å². The number of likely N-dealkylation sites (N-methyl/N-ethyl adjacent to an activating group) is 1. The molecule has 1 aromatic rings. The maximum Gasteiger partial charge on any atom is 0.317 e. The first kappa shape index (κ1) is 19.7. The molecule has 0 spiro atoms. The van der Waals surface area contributed by atoms with Gasteiger partial charge < -0.3 is 9.84 Å². The minimum absolute atomic E-state index is 0. The van der Waals surface area contributed by atoms with Gasteiger partial charge in [0.2, 0.25) is 0 Å². The maximum atomic E-state index is 10.9. The first-order valence-corrected chi connectivity index (χ1v) is 8.05. The normalized spacial score (nSPS) is 16.1. The number of hydrogen-bond acceptors (Lipinski definition) is 4. The van der Waals surface area contributed by atoms with E-state index in [1.54, 1.807) is 0 Å². The Bertz CT molecular complexity index is 450.